The Kier molecular flexibility index (Phi) is 8.52. The molecule has 4 nitrogen and oxygen atoms in total. The standard InChI is InChI=1S/C19H32N2O2/c1-5-6-7-8-9-13-23-17-12-10-11-16(14-17)20-15-18(22)21-19(2,3)4/h10-12,14,20H,5-9,13,15H2,1-4H3,(H,21,22). The third-order valence-electron chi connectivity index (χ3n) is 3.32. The summed E-state index contributed by atoms with van der Waals surface area (Å²) in [7, 11) is 0. The lowest BCUT2D eigenvalue weighted by Crippen LogP contribution is -2.43. The molecule has 0 saturated carbocycles. The Morgan fingerprint density at radius 1 is 1.13 bits per heavy atom. The summed E-state index contributed by atoms with van der Waals surface area (Å²) in [6.07, 6.45) is 6.15. The molecule has 0 fully saturated rings. The number of carbonyl (C=O) groups excluding carboxylic acids is 1. The van der Waals surface area contributed by atoms with E-state index in [0.29, 0.717) is 0 Å². The molecule has 130 valence electrons. The van der Waals surface area contributed by atoms with Gasteiger partial charge in [-0.15, -0.1) is 0 Å². The SMILES string of the molecule is CCCCCCCOc1cccc(NCC(=O)NC(C)(C)C)c1. The monoisotopic (exact) mass is 320 g/mol. The van der Waals surface area contributed by atoms with E-state index in [9.17, 15) is 4.79 Å². The van der Waals surface area contributed by atoms with Crippen LogP contribution in [0.2, 0.25) is 0 Å². The van der Waals surface area contributed by atoms with Gasteiger partial charge in [0.25, 0.3) is 0 Å². The fourth-order valence-corrected chi connectivity index (χ4v) is 2.24. The maximum atomic E-state index is 11.8. The molecule has 0 saturated heterocycles. The van der Waals surface area contributed by atoms with Gasteiger partial charge in [0.2, 0.25) is 5.91 Å². The number of anilines is 1. The molecule has 0 bridgehead atoms. The van der Waals surface area contributed by atoms with Crippen molar-refractivity contribution in [1.82, 2.24) is 5.32 Å². The van der Waals surface area contributed by atoms with Gasteiger partial charge in [0, 0.05) is 17.3 Å². The van der Waals surface area contributed by atoms with Gasteiger partial charge in [-0.2, -0.15) is 0 Å². The van der Waals surface area contributed by atoms with E-state index in [0.717, 1.165) is 24.5 Å². The van der Waals surface area contributed by atoms with E-state index in [1.54, 1.807) is 0 Å². The predicted octanol–water partition coefficient (Wildman–Crippen LogP) is 4.36. The van der Waals surface area contributed by atoms with Crippen molar-refractivity contribution in [1.29, 1.82) is 0 Å². The van der Waals surface area contributed by atoms with E-state index >= 15 is 0 Å². The van der Waals surface area contributed by atoms with Gasteiger partial charge in [0.1, 0.15) is 5.75 Å². The summed E-state index contributed by atoms with van der Waals surface area (Å²) in [6, 6.07) is 7.78. The van der Waals surface area contributed by atoms with E-state index in [-0.39, 0.29) is 18.0 Å². The molecule has 0 heterocycles. The number of hydrogen-bond acceptors (Lipinski definition) is 3. The molecule has 23 heavy (non-hydrogen) atoms. The maximum absolute atomic E-state index is 11.8. The van der Waals surface area contributed by atoms with Gasteiger partial charge in [0.05, 0.1) is 13.2 Å². The molecule has 0 atom stereocenters. The van der Waals surface area contributed by atoms with Gasteiger partial charge >= 0.3 is 0 Å². The first kappa shape index (κ1) is 19.3. The van der Waals surface area contributed by atoms with Crippen LogP contribution < -0.4 is 15.4 Å². The fraction of sp³-hybridized carbons (Fsp3) is 0.632. The second-order valence-corrected chi connectivity index (χ2v) is 6.94. The van der Waals surface area contributed by atoms with Crippen LogP contribution in [0.4, 0.5) is 5.69 Å². The average molecular weight is 320 g/mol. The van der Waals surface area contributed by atoms with Crippen molar-refractivity contribution < 1.29 is 9.53 Å². The molecular formula is C19H32N2O2. The first-order valence-electron chi connectivity index (χ1n) is 8.68. The Labute approximate surface area is 141 Å². The lowest BCUT2D eigenvalue weighted by Gasteiger charge is -2.20. The highest BCUT2D eigenvalue weighted by Crippen LogP contribution is 2.17. The second-order valence-electron chi connectivity index (χ2n) is 6.94. The van der Waals surface area contributed by atoms with Crippen LogP contribution in [0, 0.1) is 0 Å². The Morgan fingerprint density at radius 3 is 2.57 bits per heavy atom. The Balaban J connectivity index is 2.31. The highest BCUT2D eigenvalue weighted by molar-refractivity contribution is 5.81. The number of amides is 1. The van der Waals surface area contributed by atoms with Crippen LogP contribution >= 0.6 is 0 Å². The molecule has 1 rings (SSSR count). The molecule has 0 unspecified atom stereocenters. The summed E-state index contributed by atoms with van der Waals surface area (Å²) in [5.74, 6) is 0.835. The minimum Gasteiger partial charge on any atom is -0.494 e. The van der Waals surface area contributed by atoms with Crippen molar-refractivity contribution in [3.63, 3.8) is 0 Å². The lowest BCUT2D eigenvalue weighted by molar-refractivity contribution is -0.120. The van der Waals surface area contributed by atoms with Crippen molar-refractivity contribution in [3.05, 3.63) is 24.3 Å². The molecule has 0 aromatic heterocycles. The average Bonchev–Trinajstić information content (AvgIpc) is 2.47. The number of ether oxygens (including phenoxy) is 1. The summed E-state index contributed by atoms with van der Waals surface area (Å²) in [5.41, 5.74) is 0.694. The van der Waals surface area contributed by atoms with Gasteiger partial charge in [-0.3, -0.25) is 4.79 Å². The van der Waals surface area contributed by atoms with Crippen LogP contribution in [-0.2, 0) is 4.79 Å². The Hall–Kier alpha value is -1.71. The fourth-order valence-electron chi connectivity index (χ4n) is 2.24. The minimum absolute atomic E-state index is 0.0141. The van der Waals surface area contributed by atoms with Crippen LogP contribution in [0.3, 0.4) is 0 Å². The molecule has 0 aliphatic carbocycles. The number of unbranched alkanes of at least 4 members (excludes halogenated alkanes) is 4. The lowest BCUT2D eigenvalue weighted by atomic mass is 10.1. The summed E-state index contributed by atoms with van der Waals surface area (Å²) in [6.45, 7) is 9.14. The molecule has 0 radical (unpaired) electrons. The molecule has 1 amide bonds. The van der Waals surface area contributed by atoms with Crippen LogP contribution in [0.25, 0.3) is 0 Å². The third-order valence-corrected chi connectivity index (χ3v) is 3.32. The van der Waals surface area contributed by atoms with Gasteiger partial charge in [-0.1, -0.05) is 38.7 Å². The largest absolute Gasteiger partial charge is 0.494 e. The topological polar surface area (TPSA) is 50.4 Å². The highest BCUT2D eigenvalue weighted by atomic mass is 16.5. The Morgan fingerprint density at radius 2 is 1.87 bits per heavy atom. The molecule has 0 aliphatic heterocycles. The quantitative estimate of drug-likeness (QED) is 0.630. The molecule has 1 aromatic rings. The summed E-state index contributed by atoms with van der Waals surface area (Å²) in [5, 5.41) is 6.06. The van der Waals surface area contributed by atoms with Crippen molar-refractivity contribution in [2.75, 3.05) is 18.5 Å². The van der Waals surface area contributed by atoms with E-state index in [1.807, 2.05) is 45.0 Å². The van der Waals surface area contributed by atoms with Gasteiger partial charge in [-0.05, 0) is 39.3 Å². The molecule has 4 heteroatoms. The summed E-state index contributed by atoms with van der Waals surface area (Å²) >= 11 is 0. The zero-order chi connectivity index (χ0) is 17.1. The molecule has 0 spiro atoms. The van der Waals surface area contributed by atoms with Crippen LogP contribution in [0.1, 0.15) is 59.8 Å². The van der Waals surface area contributed by atoms with E-state index in [4.69, 9.17) is 4.74 Å². The molecule has 1 aromatic carbocycles. The molecular weight excluding hydrogens is 288 g/mol. The van der Waals surface area contributed by atoms with Crippen molar-refractivity contribution in [3.8, 4) is 5.75 Å². The van der Waals surface area contributed by atoms with E-state index < -0.39 is 0 Å². The van der Waals surface area contributed by atoms with Crippen molar-refractivity contribution in [2.45, 2.75) is 65.3 Å². The zero-order valence-electron chi connectivity index (χ0n) is 15.1. The smallest absolute Gasteiger partial charge is 0.239 e. The first-order chi connectivity index (χ1) is 10.9. The first-order valence-corrected chi connectivity index (χ1v) is 8.68. The number of carbonyl (C=O) groups is 1. The second kappa shape index (κ2) is 10.1. The highest BCUT2D eigenvalue weighted by Gasteiger charge is 2.13. The summed E-state index contributed by atoms with van der Waals surface area (Å²) < 4.78 is 5.77. The Bertz CT molecular complexity index is 467. The molecule has 0 aliphatic rings. The zero-order valence-corrected chi connectivity index (χ0v) is 15.1. The molecule has 2 N–H and O–H groups in total. The maximum Gasteiger partial charge on any atom is 0.239 e. The third kappa shape index (κ3) is 9.82. The van der Waals surface area contributed by atoms with Crippen LogP contribution in [0.5, 0.6) is 5.75 Å². The minimum atomic E-state index is -0.207. The predicted molar refractivity (Wildman–Crippen MR) is 97.1 cm³/mol. The number of benzene rings is 1. The number of rotatable bonds is 10. The normalized spacial score (nSPS) is 11.1. The number of nitrogens with one attached hydrogen (secondary N) is 2. The van der Waals surface area contributed by atoms with Gasteiger partial charge < -0.3 is 15.4 Å². The van der Waals surface area contributed by atoms with Crippen molar-refractivity contribution >= 4 is 11.6 Å². The summed E-state index contributed by atoms with van der Waals surface area (Å²) in [4.78, 5) is 11.8. The van der Waals surface area contributed by atoms with Crippen LogP contribution in [0.15, 0.2) is 24.3 Å². The van der Waals surface area contributed by atoms with Gasteiger partial charge in [-0.25, -0.2) is 0 Å². The van der Waals surface area contributed by atoms with Gasteiger partial charge in [0.15, 0.2) is 0 Å². The van der Waals surface area contributed by atoms with E-state index in [1.165, 1.54) is 25.7 Å². The van der Waals surface area contributed by atoms with Crippen molar-refractivity contribution in [2.24, 2.45) is 0 Å². The van der Waals surface area contributed by atoms with E-state index in [2.05, 4.69) is 17.6 Å². The number of hydrogen-bond donors (Lipinski definition) is 2. The van der Waals surface area contributed by atoms with Crippen LogP contribution in [-0.4, -0.2) is 24.6 Å².